The molecule has 0 bridgehead atoms. The predicted molar refractivity (Wildman–Crippen MR) is 76.0 cm³/mol. The molecule has 1 aliphatic rings. The third kappa shape index (κ3) is 3.16. The molecule has 0 radical (unpaired) electrons. The molecule has 5 heteroatoms. The van der Waals surface area contributed by atoms with Gasteiger partial charge in [0, 0.05) is 18.8 Å². The van der Waals surface area contributed by atoms with Crippen molar-refractivity contribution in [2.75, 3.05) is 24.6 Å². The van der Waals surface area contributed by atoms with Crippen LogP contribution in [-0.4, -0.2) is 31.2 Å². The fourth-order valence-corrected chi connectivity index (χ4v) is 2.47. The summed E-state index contributed by atoms with van der Waals surface area (Å²) in [5.74, 6) is -0.473. The maximum absolute atomic E-state index is 13.4. The summed E-state index contributed by atoms with van der Waals surface area (Å²) >= 11 is 0. The van der Waals surface area contributed by atoms with Crippen LogP contribution in [0.1, 0.15) is 26.2 Å². The van der Waals surface area contributed by atoms with Gasteiger partial charge in [-0.25, -0.2) is 4.39 Å². The molecule has 1 atom stereocenters. The van der Waals surface area contributed by atoms with E-state index in [0.29, 0.717) is 38.2 Å². The Morgan fingerprint density at radius 1 is 1.55 bits per heavy atom. The molecule has 0 spiro atoms. The van der Waals surface area contributed by atoms with Crippen molar-refractivity contribution in [2.45, 2.75) is 31.8 Å². The van der Waals surface area contributed by atoms with E-state index in [-0.39, 0.29) is 11.7 Å². The second-order valence-corrected chi connectivity index (χ2v) is 5.26. The predicted octanol–water partition coefficient (Wildman–Crippen LogP) is 2.08. The number of amides is 1. The van der Waals surface area contributed by atoms with E-state index in [2.05, 4.69) is 0 Å². The highest BCUT2D eigenvalue weighted by Crippen LogP contribution is 2.29. The van der Waals surface area contributed by atoms with Crippen LogP contribution < -0.4 is 10.6 Å². The van der Waals surface area contributed by atoms with Crippen molar-refractivity contribution in [2.24, 2.45) is 5.73 Å². The first-order chi connectivity index (χ1) is 9.57. The lowest BCUT2D eigenvalue weighted by molar-refractivity contribution is -0.136. The Balaban J connectivity index is 2.25. The third-order valence-corrected chi connectivity index (χ3v) is 3.62. The molecule has 1 fully saturated rings. The molecular weight excluding hydrogens is 259 g/mol. The van der Waals surface area contributed by atoms with Crippen molar-refractivity contribution in [3.8, 4) is 0 Å². The molecule has 0 aromatic heterocycles. The zero-order valence-corrected chi connectivity index (χ0v) is 11.8. The molecule has 1 unspecified atom stereocenters. The van der Waals surface area contributed by atoms with E-state index < -0.39 is 5.60 Å². The van der Waals surface area contributed by atoms with Crippen molar-refractivity contribution in [1.29, 1.82) is 0 Å². The highest BCUT2D eigenvalue weighted by molar-refractivity contribution is 5.99. The molecule has 1 aromatic carbocycles. The number of hydrogen-bond acceptors (Lipinski definition) is 3. The summed E-state index contributed by atoms with van der Waals surface area (Å²) in [6.07, 6.45) is 2.23. The van der Waals surface area contributed by atoms with Gasteiger partial charge in [-0.05, 0) is 50.9 Å². The van der Waals surface area contributed by atoms with E-state index in [4.69, 9.17) is 10.5 Å². The number of benzene rings is 1. The largest absolute Gasteiger partial charge is 0.365 e. The van der Waals surface area contributed by atoms with Gasteiger partial charge in [-0.3, -0.25) is 4.79 Å². The van der Waals surface area contributed by atoms with Gasteiger partial charge >= 0.3 is 0 Å². The molecule has 4 nitrogen and oxygen atoms in total. The van der Waals surface area contributed by atoms with Crippen LogP contribution in [0.25, 0.3) is 0 Å². The van der Waals surface area contributed by atoms with Gasteiger partial charge in [0.15, 0.2) is 0 Å². The highest BCUT2D eigenvalue weighted by Gasteiger charge is 2.40. The number of hydrogen-bond donors (Lipinski definition) is 1. The molecule has 110 valence electrons. The van der Waals surface area contributed by atoms with Crippen LogP contribution in [0.15, 0.2) is 24.3 Å². The molecule has 2 rings (SSSR count). The minimum atomic E-state index is -0.805. The Kier molecular flexibility index (Phi) is 4.73. The average molecular weight is 280 g/mol. The maximum atomic E-state index is 13.4. The Bertz CT molecular complexity index is 473. The topological polar surface area (TPSA) is 55.6 Å². The van der Waals surface area contributed by atoms with Crippen LogP contribution in [0, 0.1) is 5.82 Å². The first-order valence-electron chi connectivity index (χ1n) is 6.98. The van der Waals surface area contributed by atoms with Crippen molar-refractivity contribution in [3.63, 3.8) is 0 Å². The van der Waals surface area contributed by atoms with Crippen LogP contribution in [0.5, 0.6) is 0 Å². The number of carbonyl (C=O) groups is 1. The van der Waals surface area contributed by atoms with E-state index in [1.165, 1.54) is 12.1 Å². The quantitative estimate of drug-likeness (QED) is 0.898. The van der Waals surface area contributed by atoms with Crippen LogP contribution in [0.3, 0.4) is 0 Å². The molecule has 0 aliphatic carbocycles. The first-order valence-corrected chi connectivity index (χ1v) is 6.98. The lowest BCUT2D eigenvalue weighted by Gasteiger charge is -2.31. The number of rotatable bonds is 5. The average Bonchev–Trinajstić information content (AvgIpc) is 2.87. The van der Waals surface area contributed by atoms with Crippen molar-refractivity contribution < 1.29 is 13.9 Å². The summed E-state index contributed by atoms with van der Waals surface area (Å²) < 4.78 is 19.0. The minimum Gasteiger partial charge on any atom is -0.365 e. The zero-order chi connectivity index (χ0) is 14.6. The standard InChI is InChI=1S/C15H21FN2O2/c1-15(7-3-10-20-15)14(19)18(9-4-8-17)13-6-2-5-12(16)11-13/h2,5-6,11H,3-4,7-10,17H2,1H3. The lowest BCUT2D eigenvalue weighted by atomic mass is 10.0. The smallest absolute Gasteiger partial charge is 0.258 e. The van der Waals surface area contributed by atoms with Gasteiger partial charge in [-0.1, -0.05) is 6.07 Å². The molecular formula is C15H21FN2O2. The third-order valence-electron chi connectivity index (χ3n) is 3.62. The van der Waals surface area contributed by atoms with Gasteiger partial charge in [0.25, 0.3) is 5.91 Å². The van der Waals surface area contributed by atoms with Gasteiger partial charge in [0.2, 0.25) is 0 Å². The lowest BCUT2D eigenvalue weighted by Crippen LogP contribution is -2.47. The van der Waals surface area contributed by atoms with Crippen LogP contribution in [0.4, 0.5) is 10.1 Å². The number of anilines is 1. The minimum absolute atomic E-state index is 0.117. The Morgan fingerprint density at radius 2 is 2.35 bits per heavy atom. The Morgan fingerprint density at radius 3 is 2.95 bits per heavy atom. The second-order valence-electron chi connectivity index (χ2n) is 5.26. The summed E-state index contributed by atoms with van der Waals surface area (Å²) in [5.41, 5.74) is 5.28. The normalized spacial score (nSPS) is 21.9. The molecule has 1 amide bonds. The Hall–Kier alpha value is -1.46. The van der Waals surface area contributed by atoms with Crippen LogP contribution >= 0.6 is 0 Å². The molecule has 1 aliphatic heterocycles. The highest BCUT2D eigenvalue weighted by atomic mass is 19.1. The number of nitrogens with zero attached hydrogens (tertiary/aromatic N) is 1. The van der Waals surface area contributed by atoms with Crippen LogP contribution in [-0.2, 0) is 9.53 Å². The SMILES string of the molecule is CC1(C(=O)N(CCCN)c2cccc(F)c2)CCCO1. The van der Waals surface area contributed by atoms with Crippen molar-refractivity contribution in [1.82, 2.24) is 0 Å². The number of nitrogens with two attached hydrogens (primary N) is 1. The van der Waals surface area contributed by atoms with Gasteiger partial charge in [-0.2, -0.15) is 0 Å². The summed E-state index contributed by atoms with van der Waals surface area (Å²) in [5, 5.41) is 0. The van der Waals surface area contributed by atoms with Gasteiger partial charge in [0.05, 0.1) is 0 Å². The van der Waals surface area contributed by atoms with Crippen LogP contribution in [0.2, 0.25) is 0 Å². The summed E-state index contributed by atoms with van der Waals surface area (Å²) in [4.78, 5) is 14.3. The molecule has 1 saturated heterocycles. The fourth-order valence-electron chi connectivity index (χ4n) is 2.47. The van der Waals surface area contributed by atoms with Crippen molar-refractivity contribution in [3.05, 3.63) is 30.1 Å². The number of halogens is 1. The second kappa shape index (κ2) is 6.33. The number of carbonyl (C=O) groups excluding carboxylic acids is 1. The summed E-state index contributed by atoms with van der Waals surface area (Å²) in [6, 6.07) is 6.07. The Labute approximate surface area is 118 Å². The van der Waals surface area contributed by atoms with Gasteiger partial charge < -0.3 is 15.4 Å². The van der Waals surface area contributed by atoms with E-state index in [1.54, 1.807) is 24.0 Å². The van der Waals surface area contributed by atoms with Crippen molar-refractivity contribution >= 4 is 11.6 Å². The molecule has 1 aromatic rings. The molecule has 2 N–H and O–H groups in total. The molecule has 20 heavy (non-hydrogen) atoms. The molecule has 0 saturated carbocycles. The van der Waals surface area contributed by atoms with E-state index in [9.17, 15) is 9.18 Å². The fraction of sp³-hybridized carbons (Fsp3) is 0.533. The van der Waals surface area contributed by atoms with E-state index >= 15 is 0 Å². The monoisotopic (exact) mass is 280 g/mol. The van der Waals surface area contributed by atoms with Gasteiger partial charge in [-0.15, -0.1) is 0 Å². The molecule has 1 heterocycles. The van der Waals surface area contributed by atoms with E-state index in [1.807, 2.05) is 0 Å². The first kappa shape index (κ1) is 14.9. The summed E-state index contributed by atoms with van der Waals surface area (Å²) in [6.45, 7) is 3.35. The maximum Gasteiger partial charge on any atom is 0.258 e. The summed E-state index contributed by atoms with van der Waals surface area (Å²) in [7, 11) is 0. The number of ether oxygens (including phenoxy) is 1. The zero-order valence-electron chi connectivity index (χ0n) is 11.8. The van der Waals surface area contributed by atoms with Gasteiger partial charge in [0.1, 0.15) is 11.4 Å². The van der Waals surface area contributed by atoms with E-state index in [0.717, 1.165) is 6.42 Å².